The van der Waals surface area contributed by atoms with Gasteiger partial charge in [0, 0.05) is 12.0 Å². The largest absolute Gasteiger partial charge is 0.497 e. The smallest absolute Gasteiger partial charge is 0.408 e. The Hall–Kier alpha value is -3.60. The third-order valence-corrected chi connectivity index (χ3v) is 11.0. The van der Waals surface area contributed by atoms with Crippen LogP contribution in [-0.2, 0) is 19.1 Å². The number of esters is 1. The van der Waals surface area contributed by atoms with E-state index in [0.717, 1.165) is 32.1 Å². The third-order valence-electron chi connectivity index (χ3n) is 10.8. The van der Waals surface area contributed by atoms with E-state index in [1.807, 2.05) is 47.6 Å². The number of carbonyl (C=O) groups excluding carboxylic acids is 3. The van der Waals surface area contributed by atoms with E-state index >= 15 is 0 Å². The molecule has 2 saturated carbocycles. The third kappa shape index (κ3) is 8.72. The van der Waals surface area contributed by atoms with E-state index in [9.17, 15) is 14.4 Å². The number of benzene rings is 1. The molecule has 8 atom stereocenters. The van der Waals surface area contributed by atoms with Crippen molar-refractivity contribution < 1.29 is 33.3 Å². The molecule has 2 amide bonds. The first kappa shape index (κ1) is 38.6. The summed E-state index contributed by atoms with van der Waals surface area (Å²) >= 11 is 6.57. The lowest BCUT2D eigenvalue weighted by Crippen LogP contribution is -2.58. The van der Waals surface area contributed by atoms with Crippen LogP contribution in [0, 0.1) is 35.0 Å². The van der Waals surface area contributed by atoms with Gasteiger partial charge < -0.3 is 29.2 Å². The van der Waals surface area contributed by atoms with E-state index in [1.165, 1.54) is 11.3 Å². The zero-order valence-electron chi connectivity index (χ0n) is 31.2. The monoisotopic (exact) mass is 726 g/mol. The second-order valence-electron chi connectivity index (χ2n) is 15.9. The number of rotatable bonds is 14. The van der Waals surface area contributed by atoms with Crippen LogP contribution < -0.4 is 14.8 Å². The summed E-state index contributed by atoms with van der Waals surface area (Å²) in [6.45, 7) is 15.6. The molecule has 2 aromatic rings. The quantitative estimate of drug-likeness (QED) is 0.120. The fourth-order valence-corrected chi connectivity index (χ4v) is 8.40. The number of fused-ring (bicyclic) bond motifs is 3. The molecule has 11 nitrogen and oxygen atoms in total. The van der Waals surface area contributed by atoms with E-state index in [4.69, 9.17) is 30.5 Å². The number of methoxy groups -OCH3 is 1. The van der Waals surface area contributed by atoms with Crippen LogP contribution in [0.5, 0.6) is 11.6 Å². The van der Waals surface area contributed by atoms with Crippen molar-refractivity contribution in [2.24, 2.45) is 35.0 Å². The highest BCUT2D eigenvalue weighted by Crippen LogP contribution is 2.51. The van der Waals surface area contributed by atoms with E-state index < -0.39 is 47.5 Å². The van der Waals surface area contributed by atoms with E-state index in [1.54, 1.807) is 25.3 Å². The summed E-state index contributed by atoms with van der Waals surface area (Å²) in [6, 6.07) is 3.31. The van der Waals surface area contributed by atoms with Gasteiger partial charge in [-0.05, 0) is 86.2 Å². The first-order valence-corrected chi connectivity index (χ1v) is 18.9. The summed E-state index contributed by atoms with van der Waals surface area (Å²) in [5, 5.41) is 3.00. The lowest BCUT2D eigenvalue weighted by molar-refractivity contribution is -0.157. The van der Waals surface area contributed by atoms with E-state index in [2.05, 4.69) is 21.9 Å². The van der Waals surface area contributed by atoms with Gasteiger partial charge in [0.15, 0.2) is 5.15 Å². The van der Waals surface area contributed by atoms with Gasteiger partial charge in [-0.25, -0.2) is 19.6 Å². The molecule has 1 saturated heterocycles. The van der Waals surface area contributed by atoms with Gasteiger partial charge in [0.25, 0.3) is 5.88 Å². The number of hydrogen-bond acceptors (Lipinski definition) is 9. The first-order valence-electron chi connectivity index (χ1n) is 18.5. The Morgan fingerprint density at radius 3 is 2.53 bits per heavy atom. The Morgan fingerprint density at radius 2 is 1.86 bits per heavy atom. The number of amides is 2. The average molecular weight is 727 g/mol. The van der Waals surface area contributed by atoms with Crippen molar-refractivity contribution in [2.45, 2.75) is 111 Å². The molecule has 2 heterocycles. The molecule has 0 spiro atoms. The van der Waals surface area contributed by atoms with Gasteiger partial charge >= 0.3 is 12.1 Å². The van der Waals surface area contributed by atoms with Crippen LogP contribution in [0.3, 0.4) is 0 Å². The molecule has 51 heavy (non-hydrogen) atoms. The minimum absolute atomic E-state index is 0.0496. The second kappa shape index (κ2) is 16.4. The highest BCUT2D eigenvalue weighted by molar-refractivity contribution is 6.31. The highest BCUT2D eigenvalue weighted by Gasteiger charge is 2.53. The molecule has 280 valence electrons. The standard InChI is InChI=1S/C39H55ClN4O7/c1-9-11-12-13-27-23-14-15-24(18-23)32(27)51-38(47)43-33(39(5,6)7)36(45)44-20-30(26(10-2)31(44)37(46)49-21-22(3)4)50-35-34(40)41-28-17-16-25(48-8)19-29(28)42-35/h9,16-17,19,22-24,26-27,30-33H,1,10-15,18,20-21H2,2-8H3,(H,43,47)/t23-,24+,26-,27-,30+,31+,32-,33-/m1/s1. The maximum Gasteiger partial charge on any atom is 0.408 e. The van der Waals surface area contributed by atoms with Crippen LogP contribution in [0.25, 0.3) is 11.0 Å². The van der Waals surface area contributed by atoms with Gasteiger partial charge in [0.2, 0.25) is 5.91 Å². The molecule has 0 unspecified atom stereocenters. The molecule has 2 aliphatic carbocycles. The van der Waals surface area contributed by atoms with Crippen LogP contribution in [0.1, 0.15) is 86.5 Å². The molecular formula is C39H55ClN4O7. The summed E-state index contributed by atoms with van der Waals surface area (Å²) in [4.78, 5) is 52.7. The van der Waals surface area contributed by atoms with Crippen LogP contribution in [0.4, 0.5) is 4.79 Å². The number of nitrogens with one attached hydrogen (secondary N) is 1. The molecular weight excluding hydrogens is 672 g/mol. The Labute approximate surface area is 307 Å². The zero-order valence-corrected chi connectivity index (χ0v) is 31.9. The van der Waals surface area contributed by atoms with Crippen LogP contribution >= 0.6 is 11.6 Å². The summed E-state index contributed by atoms with van der Waals surface area (Å²) in [7, 11) is 1.57. The van der Waals surface area contributed by atoms with Crippen LogP contribution in [0.2, 0.25) is 5.15 Å². The van der Waals surface area contributed by atoms with Crippen molar-refractivity contribution in [3.63, 3.8) is 0 Å². The minimum atomic E-state index is -0.990. The van der Waals surface area contributed by atoms with Crippen molar-refractivity contribution in [1.29, 1.82) is 0 Å². The number of allylic oxidation sites excluding steroid dienone is 1. The first-order chi connectivity index (χ1) is 24.2. The number of hydrogen-bond donors (Lipinski definition) is 1. The van der Waals surface area contributed by atoms with Crippen LogP contribution in [0.15, 0.2) is 30.9 Å². The molecule has 1 aliphatic heterocycles. The number of likely N-dealkylation sites (tertiary alicyclic amines) is 1. The molecule has 3 aliphatic rings. The molecule has 0 radical (unpaired) electrons. The van der Waals surface area contributed by atoms with Gasteiger partial charge in [-0.2, -0.15) is 0 Å². The lowest BCUT2D eigenvalue weighted by Gasteiger charge is -2.36. The normalized spacial score (nSPS) is 26.3. The topological polar surface area (TPSA) is 129 Å². The minimum Gasteiger partial charge on any atom is -0.497 e. The second-order valence-corrected chi connectivity index (χ2v) is 16.2. The fraction of sp³-hybridized carbons (Fsp3) is 0.667. The molecule has 1 aromatic heterocycles. The van der Waals surface area contributed by atoms with Crippen molar-refractivity contribution in [3.05, 3.63) is 36.0 Å². The number of ether oxygens (including phenoxy) is 4. The van der Waals surface area contributed by atoms with Crippen molar-refractivity contribution in [1.82, 2.24) is 20.2 Å². The number of alkyl carbamates (subject to hydrolysis) is 1. The Bertz CT molecular complexity index is 1580. The Morgan fingerprint density at radius 1 is 1.12 bits per heavy atom. The summed E-state index contributed by atoms with van der Waals surface area (Å²) in [5.74, 6) is 0.618. The van der Waals surface area contributed by atoms with Crippen molar-refractivity contribution in [3.8, 4) is 11.6 Å². The molecule has 1 aromatic carbocycles. The SMILES string of the molecule is C=CCCC[C@@H]1[C@@H]2CC[C@@H](C2)[C@H]1OC(=O)N[C@H](C(=O)N1C[C@H](Oc2nc3cc(OC)ccc3nc2Cl)[C@@H](CC)[C@H]1C(=O)OCC(C)C)C(C)(C)C. The fourth-order valence-electron chi connectivity index (χ4n) is 8.22. The van der Waals surface area contributed by atoms with Crippen molar-refractivity contribution >= 4 is 40.6 Å². The molecule has 3 fully saturated rings. The molecule has 2 bridgehead atoms. The number of unbranched alkanes of at least 4 members (excludes halogenated alkanes) is 1. The number of carbonyl (C=O) groups is 3. The Balaban J connectivity index is 1.39. The van der Waals surface area contributed by atoms with Gasteiger partial charge in [0.05, 0.1) is 31.3 Å². The van der Waals surface area contributed by atoms with E-state index in [-0.39, 0.29) is 36.2 Å². The summed E-state index contributed by atoms with van der Waals surface area (Å²) < 4.78 is 23.7. The zero-order chi connectivity index (χ0) is 37.0. The maximum atomic E-state index is 14.7. The highest BCUT2D eigenvalue weighted by atomic mass is 35.5. The lowest BCUT2D eigenvalue weighted by atomic mass is 9.83. The van der Waals surface area contributed by atoms with E-state index in [0.29, 0.717) is 41.0 Å². The predicted molar refractivity (Wildman–Crippen MR) is 196 cm³/mol. The molecule has 1 N–H and O–H groups in total. The summed E-state index contributed by atoms with van der Waals surface area (Å²) in [5.41, 5.74) is 0.375. The van der Waals surface area contributed by atoms with Crippen molar-refractivity contribution in [2.75, 3.05) is 20.3 Å². The van der Waals surface area contributed by atoms with Gasteiger partial charge in [-0.15, -0.1) is 6.58 Å². The summed E-state index contributed by atoms with van der Waals surface area (Å²) in [6.07, 6.45) is 7.20. The van der Waals surface area contributed by atoms with Gasteiger partial charge in [-0.3, -0.25) is 4.79 Å². The van der Waals surface area contributed by atoms with Gasteiger partial charge in [0.1, 0.15) is 30.0 Å². The number of nitrogens with zero attached hydrogens (tertiary/aromatic N) is 3. The molecule has 5 rings (SSSR count). The average Bonchev–Trinajstić information content (AvgIpc) is 3.79. The Kier molecular flexibility index (Phi) is 12.4. The number of halogens is 1. The van der Waals surface area contributed by atoms with Crippen LogP contribution in [-0.4, -0.2) is 77.4 Å². The van der Waals surface area contributed by atoms with Gasteiger partial charge in [-0.1, -0.05) is 59.2 Å². The maximum absolute atomic E-state index is 14.7. The number of aromatic nitrogens is 2. The molecule has 12 heteroatoms. The predicted octanol–water partition coefficient (Wildman–Crippen LogP) is 7.39.